The Balaban J connectivity index is 2.42. The van der Waals surface area contributed by atoms with Crippen LogP contribution in [-0.4, -0.2) is 41.1 Å². The molecule has 0 fully saturated rings. The summed E-state index contributed by atoms with van der Waals surface area (Å²) < 4.78 is 5.14. The summed E-state index contributed by atoms with van der Waals surface area (Å²) in [5.41, 5.74) is 0.924. The van der Waals surface area contributed by atoms with Gasteiger partial charge in [-0.3, -0.25) is 0 Å². The zero-order chi connectivity index (χ0) is 11.1. The van der Waals surface area contributed by atoms with Gasteiger partial charge in [-0.05, 0) is 13.0 Å². The summed E-state index contributed by atoms with van der Waals surface area (Å²) in [5, 5.41) is 20.7. The summed E-state index contributed by atoms with van der Waals surface area (Å²) >= 11 is 0. The first-order valence-electron chi connectivity index (χ1n) is 4.88. The van der Waals surface area contributed by atoms with E-state index in [0.29, 0.717) is 5.88 Å². The van der Waals surface area contributed by atoms with Crippen molar-refractivity contribution in [1.29, 1.82) is 0 Å². The smallest absolute Gasteiger partial charge is 0.213 e. The van der Waals surface area contributed by atoms with Gasteiger partial charge in [0.15, 0.2) is 0 Å². The maximum atomic E-state index is 9.04. The zero-order valence-corrected chi connectivity index (χ0v) is 8.68. The maximum absolute atomic E-state index is 9.04. The zero-order valence-electron chi connectivity index (χ0n) is 8.68. The van der Waals surface area contributed by atoms with E-state index in [9.17, 15) is 0 Å². The lowest BCUT2D eigenvalue weighted by Gasteiger charge is -2.09. The second-order valence-corrected chi connectivity index (χ2v) is 3.06. The molecule has 5 heteroatoms. The molecule has 0 aliphatic heterocycles. The van der Waals surface area contributed by atoms with E-state index in [-0.39, 0.29) is 13.2 Å². The fourth-order valence-electron chi connectivity index (χ4n) is 1.01. The minimum Gasteiger partial charge on any atom is -0.475 e. The molecule has 0 amide bonds. The Morgan fingerprint density at radius 3 is 2.87 bits per heavy atom. The second kappa shape index (κ2) is 6.21. The van der Waals surface area contributed by atoms with Gasteiger partial charge in [-0.2, -0.15) is 0 Å². The van der Waals surface area contributed by atoms with Crippen LogP contribution in [0.25, 0.3) is 0 Å². The van der Waals surface area contributed by atoms with Crippen LogP contribution in [0.15, 0.2) is 18.3 Å². The number of ether oxygens (including phenoxy) is 1. The van der Waals surface area contributed by atoms with Crippen molar-refractivity contribution in [3.8, 4) is 5.88 Å². The summed E-state index contributed by atoms with van der Waals surface area (Å²) in [6.07, 6.45) is 0.796. The van der Waals surface area contributed by atoms with Crippen LogP contribution in [0.2, 0.25) is 0 Å². The minimum atomic E-state index is -0.861. The van der Waals surface area contributed by atoms with E-state index in [4.69, 9.17) is 14.9 Å². The predicted molar refractivity (Wildman–Crippen MR) is 57.0 cm³/mol. The average molecular weight is 212 g/mol. The number of pyridine rings is 1. The molecule has 0 aliphatic rings. The molecular weight excluding hydrogens is 196 g/mol. The van der Waals surface area contributed by atoms with E-state index in [1.807, 2.05) is 13.0 Å². The molecule has 0 saturated heterocycles. The standard InChI is InChI=1S/C10H16N2O3/c1-2-11-8-3-4-10(12-5-8)15-7-9(14)6-13/h3-5,9,11,13-14H,2,6-7H2,1H3/t9-/m1/s1. The Morgan fingerprint density at radius 2 is 2.33 bits per heavy atom. The number of nitrogens with one attached hydrogen (secondary N) is 1. The van der Waals surface area contributed by atoms with E-state index >= 15 is 0 Å². The van der Waals surface area contributed by atoms with Crippen molar-refractivity contribution in [2.24, 2.45) is 0 Å². The maximum Gasteiger partial charge on any atom is 0.213 e. The monoisotopic (exact) mass is 212 g/mol. The van der Waals surface area contributed by atoms with Crippen LogP contribution >= 0.6 is 0 Å². The number of hydrogen-bond donors (Lipinski definition) is 3. The molecule has 84 valence electrons. The molecule has 0 spiro atoms. The lowest BCUT2D eigenvalue weighted by atomic mass is 10.4. The number of aromatic nitrogens is 1. The van der Waals surface area contributed by atoms with Gasteiger partial charge in [0.25, 0.3) is 0 Å². The number of aliphatic hydroxyl groups excluding tert-OH is 2. The van der Waals surface area contributed by atoms with Gasteiger partial charge in [0, 0.05) is 12.6 Å². The summed E-state index contributed by atoms with van der Waals surface area (Å²) in [5.74, 6) is 0.434. The Hall–Kier alpha value is -1.33. The van der Waals surface area contributed by atoms with E-state index in [1.54, 1.807) is 12.3 Å². The van der Waals surface area contributed by atoms with Crippen LogP contribution in [0.1, 0.15) is 6.92 Å². The van der Waals surface area contributed by atoms with Crippen molar-refractivity contribution in [3.63, 3.8) is 0 Å². The first-order valence-corrected chi connectivity index (χ1v) is 4.88. The van der Waals surface area contributed by atoms with Gasteiger partial charge in [0.2, 0.25) is 5.88 Å². The summed E-state index contributed by atoms with van der Waals surface area (Å²) in [6, 6.07) is 3.55. The largest absolute Gasteiger partial charge is 0.475 e. The quantitative estimate of drug-likeness (QED) is 0.630. The Morgan fingerprint density at radius 1 is 1.53 bits per heavy atom. The molecule has 3 N–H and O–H groups in total. The Bertz CT molecular complexity index is 277. The molecule has 15 heavy (non-hydrogen) atoms. The van der Waals surface area contributed by atoms with Crippen LogP contribution in [0.4, 0.5) is 5.69 Å². The summed E-state index contributed by atoms with van der Waals surface area (Å²) in [7, 11) is 0. The third kappa shape index (κ3) is 4.14. The van der Waals surface area contributed by atoms with E-state index < -0.39 is 6.10 Å². The van der Waals surface area contributed by atoms with Crippen LogP contribution in [0.5, 0.6) is 5.88 Å². The molecule has 1 aromatic rings. The van der Waals surface area contributed by atoms with Crippen molar-refractivity contribution in [1.82, 2.24) is 4.98 Å². The van der Waals surface area contributed by atoms with Crippen LogP contribution in [0, 0.1) is 0 Å². The molecule has 0 bridgehead atoms. The van der Waals surface area contributed by atoms with Gasteiger partial charge in [-0.1, -0.05) is 0 Å². The summed E-state index contributed by atoms with van der Waals surface area (Å²) in [4.78, 5) is 4.03. The highest BCUT2D eigenvalue weighted by Crippen LogP contribution is 2.11. The molecule has 0 aromatic carbocycles. The summed E-state index contributed by atoms with van der Waals surface area (Å²) in [6.45, 7) is 2.58. The molecule has 0 radical (unpaired) electrons. The highest BCUT2D eigenvalue weighted by atomic mass is 16.5. The number of nitrogens with zero attached hydrogens (tertiary/aromatic N) is 1. The van der Waals surface area contributed by atoms with Gasteiger partial charge in [0.1, 0.15) is 12.7 Å². The molecule has 1 heterocycles. The first-order chi connectivity index (χ1) is 7.26. The molecular formula is C10H16N2O3. The predicted octanol–water partition coefficient (Wildman–Crippen LogP) is 0.245. The molecule has 1 aromatic heterocycles. The normalized spacial score (nSPS) is 12.2. The van der Waals surface area contributed by atoms with E-state index in [1.165, 1.54) is 0 Å². The van der Waals surface area contributed by atoms with Crippen molar-refractivity contribution in [2.75, 3.05) is 25.1 Å². The van der Waals surface area contributed by atoms with Crippen molar-refractivity contribution >= 4 is 5.69 Å². The number of anilines is 1. The average Bonchev–Trinajstić information content (AvgIpc) is 2.28. The third-order valence-electron chi connectivity index (χ3n) is 1.75. The van der Waals surface area contributed by atoms with E-state index in [0.717, 1.165) is 12.2 Å². The van der Waals surface area contributed by atoms with Gasteiger partial charge < -0.3 is 20.3 Å². The highest BCUT2D eigenvalue weighted by molar-refractivity contribution is 5.41. The Labute approximate surface area is 88.7 Å². The molecule has 5 nitrogen and oxygen atoms in total. The Kier molecular flexibility index (Phi) is 4.86. The lowest BCUT2D eigenvalue weighted by Crippen LogP contribution is -2.21. The van der Waals surface area contributed by atoms with Gasteiger partial charge >= 0.3 is 0 Å². The number of aliphatic hydroxyl groups is 2. The third-order valence-corrected chi connectivity index (χ3v) is 1.75. The fourth-order valence-corrected chi connectivity index (χ4v) is 1.01. The van der Waals surface area contributed by atoms with Crippen molar-refractivity contribution in [2.45, 2.75) is 13.0 Å². The highest BCUT2D eigenvalue weighted by Gasteiger charge is 2.03. The molecule has 0 aliphatic carbocycles. The molecule has 1 rings (SSSR count). The molecule has 0 unspecified atom stereocenters. The lowest BCUT2D eigenvalue weighted by molar-refractivity contribution is 0.0521. The van der Waals surface area contributed by atoms with Crippen LogP contribution in [0.3, 0.4) is 0 Å². The topological polar surface area (TPSA) is 74.6 Å². The molecule has 0 saturated carbocycles. The fraction of sp³-hybridized carbons (Fsp3) is 0.500. The first kappa shape index (κ1) is 11.7. The van der Waals surface area contributed by atoms with Gasteiger partial charge in [0.05, 0.1) is 18.5 Å². The number of rotatable bonds is 6. The van der Waals surface area contributed by atoms with Crippen LogP contribution < -0.4 is 10.1 Å². The van der Waals surface area contributed by atoms with Crippen LogP contribution in [-0.2, 0) is 0 Å². The van der Waals surface area contributed by atoms with Crippen molar-refractivity contribution < 1.29 is 14.9 Å². The number of hydrogen-bond acceptors (Lipinski definition) is 5. The SMILES string of the molecule is CCNc1ccc(OC[C@H](O)CO)nc1. The van der Waals surface area contributed by atoms with E-state index in [2.05, 4.69) is 10.3 Å². The molecule has 1 atom stereocenters. The van der Waals surface area contributed by atoms with Crippen molar-refractivity contribution in [3.05, 3.63) is 18.3 Å². The minimum absolute atomic E-state index is 0.0457. The van der Waals surface area contributed by atoms with Gasteiger partial charge in [-0.25, -0.2) is 4.98 Å². The second-order valence-electron chi connectivity index (χ2n) is 3.06. The van der Waals surface area contributed by atoms with Gasteiger partial charge in [-0.15, -0.1) is 0 Å².